The number of rotatable bonds is 5. The first-order chi connectivity index (χ1) is 14.2. The molecule has 0 spiro atoms. The fourth-order valence-electron chi connectivity index (χ4n) is 3.09. The molecule has 0 unspecified atom stereocenters. The lowest BCUT2D eigenvalue weighted by atomic mass is 9.98. The summed E-state index contributed by atoms with van der Waals surface area (Å²) in [5, 5.41) is 21.0. The van der Waals surface area contributed by atoms with Crippen molar-refractivity contribution < 1.29 is 19.4 Å². The van der Waals surface area contributed by atoms with Gasteiger partial charge in [-0.05, 0) is 49.8 Å². The van der Waals surface area contributed by atoms with Crippen LogP contribution < -0.4 is 0 Å². The Bertz CT molecular complexity index is 1140. The number of nitrogens with zero attached hydrogens (tertiary/aromatic N) is 1. The third-order valence-corrected chi connectivity index (χ3v) is 6.61. The largest absolute Gasteiger partial charge is 0.477 e. The summed E-state index contributed by atoms with van der Waals surface area (Å²) in [7, 11) is 0. The van der Waals surface area contributed by atoms with Crippen LogP contribution in [-0.4, -0.2) is 22.6 Å². The first-order valence-electron chi connectivity index (χ1n) is 9.37. The Morgan fingerprint density at radius 2 is 1.77 bits per heavy atom. The minimum Gasteiger partial charge on any atom is -0.477 e. The van der Waals surface area contributed by atoms with Crippen molar-refractivity contribution in [1.29, 1.82) is 5.26 Å². The summed E-state index contributed by atoms with van der Waals surface area (Å²) < 4.78 is 5.49. The van der Waals surface area contributed by atoms with E-state index >= 15 is 0 Å². The molecule has 0 bridgehead atoms. The number of thiophene rings is 2. The molecule has 0 aliphatic carbocycles. The van der Waals surface area contributed by atoms with E-state index in [9.17, 15) is 20.0 Å². The maximum absolute atomic E-state index is 12.5. The SMILES string of the molecule is CCc1sc(C(=O)O)c(-c2ccc(-c3sccc3C(=O)OC(C)(C)C)cc2)c1C#N. The third-order valence-electron chi connectivity index (χ3n) is 4.33. The van der Waals surface area contributed by atoms with E-state index in [1.165, 1.54) is 11.3 Å². The first kappa shape index (κ1) is 21.8. The number of aryl methyl sites for hydroxylation is 1. The number of ether oxygens (including phenoxy) is 1. The predicted octanol–water partition coefficient (Wildman–Crippen LogP) is 6.23. The van der Waals surface area contributed by atoms with Crippen molar-refractivity contribution in [2.75, 3.05) is 0 Å². The number of carbonyl (C=O) groups excluding carboxylic acids is 1. The van der Waals surface area contributed by atoms with Crippen molar-refractivity contribution in [3.63, 3.8) is 0 Å². The first-order valence-corrected chi connectivity index (χ1v) is 11.1. The molecule has 30 heavy (non-hydrogen) atoms. The lowest BCUT2D eigenvalue weighted by Crippen LogP contribution is -2.23. The van der Waals surface area contributed by atoms with Crippen LogP contribution in [0.3, 0.4) is 0 Å². The van der Waals surface area contributed by atoms with E-state index in [0.717, 1.165) is 26.7 Å². The molecule has 3 aromatic rings. The van der Waals surface area contributed by atoms with E-state index in [2.05, 4.69) is 6.07 Å². The lowest BCUT2D eigenvalue weighted by molar-refractivity contribution is 0.00708. The number of carbonyl (C=O) groups is 2. The second-order valence-corrected chi connectivity index (χ2v) is 9.64. The average molecular weight is 440 g/mol. The summed E-state index contributed by atoms with van der Waals surface area (Å²) in [6, 6.07) is 11.2. The molecule has 0 fully saturated rings. The van der Waals surface area contributed by atoms with Gasteiger partial charge in [-0.2, -0.15) is 5.26 Å². The second kappa shape index (κ2) is 8.42. The van der Waals surface area contributed by atoms with Crippen molar-refractivity contribution >= 4 is 34.6 Å². The van der Waals surface area contributed by atoms with Crippen molar-refractivity contribution in [2.45, 2.75) is 39.7 Å². The van der Waals surface area contributed by atoms with Crippen LogP contribution in [0.15, 0.2) is 35.7 Å². The van der Waals surface area contributed by atoms with Crippen LogP contribution in [0.5, 0.6) is 0 Å². The number of carboxylic acids is 1. The van der Waals surface area contributed by atoms with E-state index < -0.39 is 11.6 Å². The molecule has 0 aliphatic rings. The Labute approximate surface area is 183 Å². The number of benzene rings is 1. The van der Waals surface area contributed by atoms with E-state index in [1.54, 1.807) is 18.2 Å². The Hall–Kier alpha value is -2.95. The van der Waals surface area contributed by atoms with Gasteiger partial charge in [-0.3, -0.25) is 0 Å². The highest BCUT2D eigenvalue weighted by atomic mass is 32.1. The summed E-state index contributed by atoms with van der Waals surface area (Å²) in [6.07, 6.45) is 0.598. The van der Waals surface area contributed by atoms with Gasteiger partial charge in [0.25, 0.3) is 0 Å². The number of esters is 1. The minimum atomic E-state index is -1.04. The Kier molecular flexibility index (Phi) is 6.11. The molecule has 5 nitrogen and oxygen atoms in total. The molecular formula is C23H21NO4S2. The van der Waals surface area contributed by atoms with Gasteiger partial charge in [0.1, 0.15) is 16.5 Å². The molecule has 0 saturated carbocycles. The number of hydrogen-bond donors (Lipinski definition) is 1. The van der Waals surface area contributed by atoms with Gasteiger partial charge < -0.3 is 9.84 Å². The monoisotopic (exact) mass is 439 g/mol. The number of carboxylic acid groups (broad SMARTS) is 1. The van der Waals surface area contributed by atoms with Gasteiger partial charge in [0, 0.05) is 15.3 Å². The minimum absolute atomic E-state index is 0.168. The van der Waals surface area contributed by atoms with Crippen LogP contribution >= 0.6 is 22.7 Å². The topological polar surface area (TPSA) is 87.4 Å². The van der Waals surface area contributed by atoms with Crippen LogP contribution in [0.25, 0.3) is 21.6 Å². The molecule has 1 N–H and O–H groups in total. The molecule has 0 saturated heterocycles. The lowest BCUT2D eigenvalue weighted by Gasteiger charge is -2.19. The molecule has 3 rings (SSSR count). The molecule has 0 atom stereocenters. The molecule has 0 amide bonds. The number of aromatic carboxylic acids is 1. The highest BCUT2D eigenvalue weighted by Crippen LogP contribution is 2.38. The van der Waals surface area contributed by atoms with E-state index in [0.29, 0.717) is 28.7 Å². The zero-order valence-electron chi connectivity index (χ0n) is 17.1. The van der Waals surface area contributed by atoms with Crippen LogP contribution in [0.4, 0.5) is 0 Å². The van der Waals surface area contributed by atoms with Gasteiger partial charge in [0.15, 0.2) is 0 Å². The predicted molar refractivity (Wildman–Crippen MR) is 119 cm³/mol. The molecule has 0 radical (unpaired) electrons. The summed E-state index contributed by atoms with van der Waals surface area (Å²) >= 11 is 2.58. The molecular weight excluding hydrogens is 418 g/mol. The zero-order chi connectivity index (χ0) is 22.1. The summed E-state index contributed by atoms with van der Waals surface area (Å²) in [5.74, 6) is -1.42. The maximum atomic E-state index is 12.5. The zero-order valence-corrected chi connectivity index (χ0v) is 18.7. The van der Waals surface area contributed by atoms with E-state index in [4.69, 9.17) is 4.74 Å². The number of nitriles is 1. The van der Waals surface area contributed by atoms with Crippen LogP contribution in [0.1, 0.15) is 58.2 Å². The molecule has 2 heterocycles. The van der Waals surface area contributed by atoms with Crippen LogP contribution in [0, 0.1) is 11.3 Å². The maximum Gasteiger partial charge on any atom is 0.346 e. The van der Waals surface area contributed by atoms with Gasteiger partial charge in [-0.25, -0.2) is 9.59 Å². The standard InChI is InChI=1S/C23H21NO4S2/c1-5-17-16(12-24)18(20(30-17)21(25)26)13-6-8-14(9-7-13)19-15(10-11-29-19)22(27)28-23(2,3)4/h6-11H,5H2,1-4H3,(H,25,26). The van der Waals surface area contributed by atoms with Gasteiger partial charge in [-0.1, -0.05) is 31.2 Å². The average Bonchev–Trinajstić information content (AvgIpc) is 3.31. The van der Waals surface area contributed by atoms with E-state index in [-0.39, 0.29) is 10.8 Å². The molecule has 2 aromatic heterocycles. The van der Waals surface area contributed by atoms with Crippen LogP contribution in [0.2, 0.25) is 0 Å². The van der Waals surface area contributed by atoms with Gasteiger partial charge >= 0.3 is 11.9 Å². The summed E-state index contributed by atoms with van der Waals surface area (Å²) in [4.78, 5) is 26.0. The van der Waals surface area contributed by atoms with Crippen molar-refractivity contribution in [2.24, 2.45) is 0 Å². The molecule has 1 aromatic carbocycles. The van der Waals surface area contributed by atoms with Crippen LogP contribution in [-0.2, 0) is 11.2 Å². The van der Waals surface area contributed by atoms with E-state index in [1.807, 2.05) is 45.2 Å². The Balaban J connectivity index is 2.02. The third kappa shape index (κ3) is 4.30. The normalized spacial score (nSPS) is 11.2. The van der Waals surface area contributed by atoms with Crippen molar-refractivity contribution in [3.8, 4) is 27.6 Å². The molecule has 154 valence electrons. The van der Waals surface area contributed by atoms with Crippen molar-refractivity contribution in [1.82, 2.24) is 0 Å². The fraction of sp³-hybridized carbons (Fsp3) is 0.261. The Morgan fingerprint density at radius 1 is 1.13 bits per heavy atom. The quantitative estimate of drug-likeness (QED) is 0.476. The number of hydrogen-bond acceptors (Lipinski definition) is 6. The summed E-state index contributed by atoms with van der Waals surface area (Å²) in [6.45, 7) is 7.37. The van der Waals surface area contributed by atoms with Gasteiger partial charge in [0.05, 0.1) is 11.1 Å². The van der Waals surface area contributed by atoms with Crippen molar-refractivity contribution in [3.05, 3.63) is 56.6 Å². The smallest absolute Gasteiger partial charge is 0.346 e. The fourth-order valence-corrected chi connectivity index (χ4v) is 5.03. The highest BCUT2D eigenvalue weighted by molar-refractivity contribution is 7.15. The molecule has 0 aliphatic heterocycles. The van der Waals surface area contributed by atoms with Gasteiger partial charge in [0.2, 0.25) is 0 Å². The highest BCUT2D eigenvalue weighted by Gasteiger charge is 2.24. The Morgan fingerprint density at radius 3 is 2.30 bits per heavy atom. The summed E-state index contributed by atoms with van der Waals surface area (Å²) in [5.41, 5.74) is 2.28. The molecule has 7 heteroatoms. The van der Waals surface area contributed by atoms with Gasteiger partial charge in [-0.15, -0.1) is 22.7 Å². The second-order valence-electron chi connectivity index (χ2n) is 7.62.